The Bertz CT molecular complexity index is 439. The van der Waals surface area contributed by atoms with Gasteiger partial charge in [-0.15, -0.1) is 0 Å². The molecule has 0 amide bonds. The number of hydrogen-bond acceptors (Lipinski definition) is 3. The maximum Gasteiger partial charge on any atom is 0.182 e. The van der Waals surface area contributed by atoms with Crippen LogP contribution in [0, 0.1) is 0 Å². The summed E-state index contributed by atoms with van der Waals surface area (Å²) in [5.74, 6) is 1.59. The van der Waals surface area contributed by atoms with Gasteiger partial charge in [0.2, 0.25) is 0 Å². The molecule has 0 saturated heterocycles. The molecule has 0 aliphatic carbocycles. The van der Waals surface area contributed by atoms with E-state index < -0.39 is 0 Å². The van der Waals surface area contributed by atoms with Crippen LogP contribution in [0.15, 0.2) is 24.5 Å². The third kappa shape index (κ3) is 2.03. The third-order valence-corrected chi connectivity index (χ3v) is 2.12. The molecule has 15 heavy (non-hydrogen) atoms. The highest BCUT2D eigenvalue weighted by molar-refractivity contribution is 5.52. The number of nitrogens with zero attached hydrogens (tertiary/aromatic N) is 3. The summed E-state index contributed by atoms with van der Waals surface area (Å²) in [6.45, 7) is 6.29. The summed E-state index contributed by atoms with van der Waals surface area (Å²) in [4.78, 5) is 8.48. The molecule has 4 heteroatoms. The Morgan fingerprint density at radius 2 is 2.07 bits per heavy atom. The summed E-state index contributed by atoms with van der Waals surface area (Å²) in [7, 11) is 0. The first-order valence-electron chi connectivity index (χ1n) is 4.90. The number of aromatic nitrogens is 4. The van der Waals surface area contributed by atoms with Crippen LogP contribution in [0.4, 0.5) is 0 Å². The zero-order valence-corrected chi connectivity index (χ0v) is 9.15. The van der Waals surface area contributed by atoms with Crippen LogP contribution < -0.4 is 0 Å². The van der Waals surface area contributed by atoms with E-state index in [1.165, 1.54) is 0 Å². The fraction of sp³-hybridized carbons (Fsp3) is 0.364. The minimum atomic E-state index is -0.00649. The SMILES string of the molecule is CC(C)(C)c1nc(-c2cccnc2)n[nH]1. The number of aromatic amines is 1. The van der Waals surface area contributed by atoms with E-state index in [0.29, 0.717) is 5.82 Å². The van der Waals surface area contributed by atoms with Crippen molar-refractivity contribution in [3.05, 3.63) is 30.4 Å². The number of pyridine rings is 1. The number of H-pyrrole nitrogens is 1. The van der Waals surface area contributed by atoms with E-state index in [1.807, 2.05) is 12.1 Å². The Morgan fingerprint density at radius 1 is 1.27 bits per heavy atom. The summed E-state index contributed by atoms with van der Waals surface area (Å²) in [5.41, 5.74) is 0.928. The molecule has 0 fully saturated rings. The van der Waals surface area contributed by atoms with Gasteiger partial charge in [-0.2, -0.15) is 5.10 Å². The molecule has 2 rings (SSSR count). The van der Waals surface area contributed by atoms with Crippen LogP contribution in [0.3, 0.4) is 0 Å². The second-order valence-corrected chi connectivity index (χ2v) is 4.50. The van der Waals surface area contributed by atoms with E-state index in [4.69, 9.17) is 0 Å². The van der Waals surface area contributed by atoms with Crippen molar-refractivity contribution in [2.75, 3.05) is 0 Å². The van der Waals surface area contributed by atoms with Crippen LogP contribution in [-0.2, 0) is 5.41 Å². The monoisotopic (exact) mass is 202 g/mol. The van der Waals surface area contributed by atoms with Gasteiger partial charge in [-0.3, -0.25) is 10.1 Å². The summed E-state index contributed by atoms with van der Waals surface area (Å²) in [6, 6.07) is 3.82. The molecule has 78 valence electrons. The summed E-state index contributed by atoms with van der Waals surface area (Å²) >= 11 is 0. The summed E-state index contributed by atoms with van der Waals surface area (Å²) in [5, 5.41) is 7.13. The predicted molar refractivity (Wildman–Crippen MR) is 58.3 cm³/mol. The van der Waals surface area contributed by atoms with Crippen LogP contribution in [0.2, 0.25) is 0 Å². The molecule has 2 aromatic heterocycles. The third-order valence-electron chi connectivity index (χ3n) is 2.12. The van der Waals surface area contributed by atoms with Gasteiger partial charge < -0.3 is 0 Å². The Balaban J connectivity index is 2.37. The minimum absolute atomic E-state index is 0.00649. The summed E-state index contributed by atoms with van der Waals surface area (Å²) in [6.07, 6.45) is 3.50. The molecule has 2 heterocycles. The van der Waals surface area contributed by atoms with Gasteiger partial charge >= 0.3 is 0 Å². The molecule has 4 nitrogen and oxygen atoms in total. The van der Waals surface area contributed by atoms with E-state index in [2.05, 4.69) is 40.9 Å². The molecule has 0 atom stereocenters. The second-order valence-electron chi connectivity index (χ2n) is 4.50. The van der Waals surface area contributed by atoms with Crippen molar-refractivity contribution in [3.63, 3.8) is 0 Å². The molecule has 0 aliphatic rings. The lowest BCUT2D eigenvalue weighted by Gasteiger charge is -2.12. The van der Waals surface area contributed by atoms with Crippen LogP contribution in [0.5, 0.6) is 0 Å². The topological polar surface area (TPSA) is 54.5 Å². The normalized spacial score (nSPS) is 11.7. The van der Waals surface area contributed by atoms with E-state index in [-0.39, 0.29) is 5.41 Å². The number of rotatable bonds is 1. The Morgan fingerprint density at radius 3 is 2.60 bits per heavy atom. The summed E-state index contributed by atoms with van der Waals surface area (Å²) < 4.78 is 0. The van der Waals surface area contributed by atoms with Gasteiger partial charge in [0.05, 0.1) is 0 Å². The number of nitrogens with one attached hydrogen (secondary N) is 1. The quantitative estimate of drug-likeness (QED) is 0.771. The lowest BCUT2D eigenvalue weighted by atomic mass is 9.96. The molecule has 0 saturated carbocycles. The Kier molecular flexibility index (Phi) is 2.26. The molecule has 0 aromatic carbocycles. The molecule has 0 bridgehead atoms. The van der Waals surface area contributed by atoms with E-state index >= 15 is 0 Å². The van der Waals surface area contributed by atoms with Crippen LogP contribution >= 0.6 is 0 Å². The lowest BCUT2D eigenvalue weighted by Crippen LogP contribution is -2.13. The van der Waals surface area contributed by atoms with Gasteiger partial charge in [-0.25, -0.2) is 4.98 Å². The zero-order chi connectivity index (χ0) is 10.9. The maximum atomic E-state index is 4.45. The van der Waals surface area contributed by atoms with Gasteiger partial charge in [0.25, 0.3) is 0 Å². The molecular weight excluding hydrogens is 188 g/mol. The van der Waals surface area contributed by atoms with E-state index in [0.717, 1.165) is 11.4 Å². The van der Waals surface area contributed by atoms with Crippen LogP contribution in [0.25, 0.3) is 11.4 Å². The highest BCUT2D eigenvalue weighted by atomic mass is 15.2. The van der Waals surface area contributed by atoms with E-state index in [9.17, 15) is 0 Å². The predicted octanol–water partition coefficient (Wildman–Crippen LogP) is 2.16. The van der Waals surface area contributed by atoms with Gasteiger partial charge in [0.1, 0.15) is 5.82 Å². The molecule has 0 radical (unpaired) electrons. The average molecular weight is 202 g/mol. The first-order valence-corrected chi connectivity index (χ1v) is 4.90. The first kappa shape index (κ1) is 9.83. The van der Waals surface area contributed by atoms with Crippen LogP contribution in [-0.4, -0.2) is 20.2 Å². The highest BCUT2D eigenvalue weighted by Gasteiger charge is 2.18. The van der Waals surface area contributed by atoms with Crippen molar-refractivity contribution in [1.82, 2.24) is 20.2 Å². The van der Waals surface area contributed by atoms with Crippen molar-refractivity contribution in [3.8, 4) is 11.4 Å². The van der Waals surface area contributed by atoms with Gasteiger partial charge in [0, 0.05) is 23.4 Å². The Labute approximate surface area is 88.8 Å². The van der Waals surface area contributed by atoms with Crippen molar-refractivity contribution < 1.29 is 0 Å². The van der Waals surface area contributed by atoms with Crippen molar-refractivity contribution in [2.24, 2.45) is 0 Å². The molecule has 0 spiro atoms. The van der Waals surface area contributed by atoms with Crippen LogP contribution in [0.1, 0.15) is 26.6 Å². The fourth-order valence-corrected chi connectivity index (χ4v) is 1.22. The maximum absolute atomic E-state index is 4.45. The van der Waals surface area contributed by atoms with Crippen molar-refractivity contribution in [1.29, 1.82) is 0 Å². The van der Waals surface area contributed by atoms with Gasteiger partial charge in [-0.1, -0.05) is 20.8 Å². The molecule has 1 N–H and O–H groups in total. The molecule has 0 unspecified atom stereocenters. The highest BCUT2D eigenvalue weighted by Crippen LogP contribution is 2.20. The smallest absolute Gasteiger partial charge is 0.182 e. The number of hydrogen-bond donors (Lipinski definition) is 1. The lowest BCUT2D eigenvalue weighted by molar-refractivity contribution is 0.548. The minimum Gasteiger partial charge on any atom is -0.264 e. The van der Waals surface area contributed by atoms with Gasteiger partial charge in [-0.05, 0) is 12.1 Å². The molecular formula is C11H14N4. The standard InChI is InChI=1S/C11H14N4/c1-11(2,3)10-13-9(14-15-10)8-5-4-6-12-7-8/h4-7H,1-3H3,(H,13,14,15). The fourth-order valence-electron chi connectivity index (χ4n) is 1.22. The van der Waals surface area contributed by atoms with Crippen molar-refractivity contribution >= 4 is 0 Å². The molecule has 0 aliphatic heterocycles. The van der Waals surface area contributed by atoms with Gasteiger partial charge in [0.15, 0.2) is 5.82 Å². The molecule has 2 aromatic rings. The van der Waals surface area contributed by atoms with E-state index in [1.54, 1.807) is 12.4 Å². The largest absolute Gasteiger partial charge is 0.264 e. The average Bonchev–Trinajstić information content (AvgIpc) is 2.67. The Hall–Kier alpha value is -1.71. The first-order chi connectivity index (χ1) is 7.07. The zero-order valence-electron chi connectivity index (χ0n) is 9.15. The second kappa shape index (κ2) is 3.46. The van der Waals surface area contributed by atoms with Crippen molar-refractivity contribution in [2.45, 2.75) is 26.2 Å².